The lowest BCUT2D eigenvalue weighted by Gasteiger charge is -2.07. The fraction of sp³-hybridized carbons (Fsp3) is 0.333. The fourth-order valence-corrected chi connectivity index (χ4v) is 1.88. The lowest BCUT2D eigenvalue weighted by Crippen LogP contribution is -2.05. The number of fused-ring (bicyclic) bond motifs is 1. The molecule has 3 nitrogen and oxygen atoms in total. The van der Waals surface area contributed by atoms with Crippen LogP contribution < -0.4 is 5.73 Å². The molecule has 0 fully saturated rings. The van der Waals surface area contributed by atoms with Gasteiger partial charge in [-0.05, 0) is 17.0 Å². The number of para-hydroxylation sites is 1. The molecule has 2 aromatic rings. The molecular formula is C12H16N2O. The summed E-state index contributed by atoms with van der Waals surface area (Å²) in [6, 6.07) is 8.35. The van der Waals surface area contributed by atoms with E-state index in [9.17, 15) is 0 Å². The third-order valence-electron chi connectivity index (χ3n) is 2.63. The summed E-state index contributed by atoms with van der Waals surface area (Å²) < 4.78 is 7.28. The van der Waals surface area contributed by atoms with Crippen LogP contribution in [0.2, 0.25) is 0 Å². The Morgan fingerprint density at radius 2 is 2.20 bits per heavy atom. The van der Waals surface area contributed by atoms with Gasteiger partial charge in [-0.25, -0.2) is 0 Å². The van der Waals surface area contributed by atoms with Crippen LogP contribution in [-0.4, -0.2) is 18.3 Å². The molecule has 0 saturated carbocycles. The van der Waals surface area contributed by atoms with Crippen molar-refractivity contribution in [2.24, 2.45) is 5.73 Å². The Morgan fingerprint density at radius 3 is 2.93 bits per heavy atom. The number of nitrogens with two attached hydrogens (primary N) is 1. The fourth-order valence-electron chi connectivity index (χ4n) is 1.88. The second-order valence-corrected chi connectivity index (χ2v) is 3.56. The van der Waals surface area contributed by atoms with Crippen molar-refractivity contribution >= 4 is 10.9 Å². The minimum atomic E-state index is 0.578. The van der Waals surface area contributed by atoms with E-state index in [1.54, 1.807) is 7.11 Å². The summed E-state index contributed by atoms with van der Waals surface area (Å²) >= 11 is 0. The molecule has 80 valence electrons. The molecule has 1 aromatic heterocycles. The van der Waals surface area contributed by atoms with E-state index in [1.165, 1.54) is 16.5 Å². The normalized spacial score (nSPS) is 11.1. The number of rotatable bonds is 4. The standard InChI is InChI=1S/C12H16N2O/c1-15-8-7-14-6-5-10-3-2-4-11(9-13)12(10)14/h2-6H,7-9,13H2,1H3. The summed E-state index contributed by atoms with van der Waals surface area (Å²) in [4.78, 5) is 0. The van der Waals surface area contributed by atoms with Crippen LogP contribution in [0.15, 0.2) is 30.5 Å². The average Bonchev–Trinajstić information content (AvgIpc) is 2.69. The van der Waals surface area contributed by atoms with Crippen molar-refractivity contribution in [2.45, 2.75) is 13.1 Å². The highest BCUT2D eigenvalue weighted by Gasteiger charge is 2.04. The van der Waals surface area contributed by atoms with Crippen LogP contribution in [0.3, 0.4) is 0 Å². The molecule has 0 aliphatic rings. The van der Waals surface area contributed by atoms with Crippen molar-refractivity contribution < 1.29 is 4.74 Å². The Kier molecular flexibility index (Phi) is 3.04. The Bertz CT molecular complexity index is 448. The number of aromatic nitrogens is 1. The maximum absolute atomic E-state index is 5.73. The van der Waals surface area contributed by atoms with Crippen LogP contribution >= 0.6 is 0 Å². The number of benzene rings is 1. The molecular weight excluding hydrogens is 188 g/mol. The van der Waals surface area contributed by atoms with Crippen molar-refractivity contribution in [3.05, 3.63) is 36.0 Å². The van der Waals surface area contributed by atoms with E-state index in [4.69, 9.17) is 10.5 Å². The van der Waals surface area contributed by atoms with Crippen LogP contribution in [-0.2, 0) is 17.8 Å². The van der Waals surface area contributed by atoms with Gasteiger partial charge in [-0.3, -0.25) is 0 Å². The molecule has 0 aliphatic carbocycles. The van der Waals surface area contributed by atoms with Gasteiger partial charge >= 0.3 is 0 Å². The van der Waals surface area contributed by atoms with Gasteiger partial charge in [0, 0.05) is 26.4 Å². The van der Waals surface area contributed by atoms with Gasteiger partial charge in [0.15, 0.2) is 0 Å². The SMILES string of the molecule is COCCn1ccc2cccc(CN)c21. The van der Waals surface area contributed by atoms with E-state index in [0.717, 1.165) is 13.2 Å². The molecule has 1 aromatic carbocycles. The van der Waals surface area contributed by atoms with Crippen LogP contribution in [0, 0.1) is 0 Å². The molecule has 1 heterocycles. The molecule has 15 heavy (non-hydrogen) atoms. The number of methoxy groups -OCH3 is 1. The Hall–Kier alpha value is -1.32. The molecule has 0 spiro atoms. The van der Waals surface area contributed by atoms with E-state index in [1.807, 2.05) is 6.07 Å². The van der Waals surface area contributed by atoms with E-state index < -0.39 is 0 Å². The van der Waals surface area contributed by atoms with Gasteiger partial charge < -0.3 is 15.0 Å². The number of hydrogen-bond donors (Lipinski definition) is 1. The van der Waals surface area contributed by atoms with Crippen molar-refractivity contribution in [1.82, 2.24) is 4.57 Å². The predicted octanol–water partition coefficient (Wildman–Crippen LogP) is 1.75. The zero-order valence-electron chi connectivity index (χ0n) is 8.94. The third-order valence-corrected chi connectivity index (χ3v) is 2.63. The monoisotopic (exact) mass is 204 g/mol. The highest BCUT2D eigenvalue weighted by Crippen LogP contribution is 2.19. The molecule has 0 bridgehead atoms. The van der Waals surface area contributed by atoms with E-state index in [0.29, 0.717) is 6.54 Å². The zero-order valence-corrected chi connectivity index (χ0v) is 8.94. The van der Waals surface area contributed by atoms with Gasteiger partial charge in [0.05, 0.1) is 12.1 Å². The predicted molar refractivity (Wildman–Crippen MR) is 61.7 cm³/mol. The topological polar surface area (TPSA) is 40.2 Å². The molecule has 0 unspecified atom stereocenters. The minimum Gasteiger partial charge on any atom is -0.383 e. The molecule has 2 N–H and O–H groups in total. The Balaban J connectivity index is 2.46. The van der Waals surface area contributed by atoms with Crippen LogP contribution in [0.25, 0.3) is 10.9 Å². The van der Waals surface area contributed by atoms with Gasteiger partial charge in [-0.15, -0.1) is 0 Å². The summed E-state index contributed by atoms with van der Waals surface area (Å²) in [5.41, 5.74) is 8.15. The smallest absolute Gasteiger partial charge is 0.0641 e. The zero-order chi connectivity index (χ0) is 10.7. The maximum atomic E-state index is 5.73. The molecule has 0 amide bonds. The molecule has 0 atom stereocenters. The summed E-state index contributed by atoms with van der Waals surface area (Å²) in [6.45, 7) is 2.17. The largest absolute Gasteiger partial charge is 0.383 e. The van der Waals surface area contributed by atoms with Gasteiger partial charge in [0.1, 0.15) is 0 Å². The van der Waals surface area contributed by atoms with Gasteiger partial charge in [0.2, 0.25) is 0 Å². The van der Waals surface area contributed by atoms with Gasteiger partial charge in [-0.2, -0.15) is 0 Å². The lowest BCUT2D eigenvalue weighted by atomic mass is 10.1. The first-order valence-electron chi connectivity index (χ1n) is 5.12. The van der Waals surface area contributed by atoms with Crippen LogP contribution in [0.5, 0.6) is 0 Å². The second-order valence-electron chi connectivity index (χ2n) is 3.56. The number of hydrogen-bond acceptors (Lipinski definition) is 2. The summed E-state index contributed by atoms with van der Waals surface area (Å²) in [5, 5.41) is 1.24. The van der Waals surface area contributed by atoms with E-state index in [-0.39, 0.29) is 0 Å². The average molecular weight is 204 g/mol. The third kappa shape index (κ3) is 1.89. The lowest BCUT2D eigenvalue weighted by molar-refractivity contribution is 0.188. The highest BCUT2D eigenvalue weighted by molar-refractivity contribution is 5.83. The molecule has 2 rings (SSSR count). The van der Waals surface area contributed by atoms with Crippen LogP contribution in [0.4, 0.5) is 0 Å². The highest BCUT2D eigenvalue weighted by atomic mass is 16.5. The number of nitrogens with zero attached hydrogens (tertiary/aromatic N) is 1. The molecule has 0 radical (unpaired) electrons. The minimum absolute atomic E-state index is 0.578. The van der Waals surface area contributed by atoms with Crippen molar-refractivity contribution in [2.75, 3.05) is 13.7 Å². The molecule has 0 saturated heterocycles. The van der Waals surface area contributed by atoms with Crippen LogP contribution in [0.1, 0.15) is 5.56 Å². The van der Waals surface area contributed by atoms with Crippen molar-refractivity contribution in [3.63, 3.8) is 0 Å². The molecule has 3 heteroatoms. The Labute approximate surface area is 89.4 Å². The van der Waals surface area contributed by atoms with E-state index in [2.05, 4.69) is 29.0 Å². The quantitative estimate of drug-likeness (QED) is 0.824. The first kappa shape index (κ1) is 10.2. The Morgan fingerprint density at radius 1 is 1.33 bits per heavy atom. The van der Waals surface area contributed by atoms with Crippen molar-refractivity contribution in [3.8, 4) is 0 Å². The number of ether oxygens (including phenoxy) is 1. The maximum Gasteiger partial charge on any atom is 0.0641 e. The van der Waals surface area contributed by atoms with Gasteiger partial charge in [-0.1, -0.05) is 18.2 Å². The summed E-state index contributed by atoms with van der Waals surface area (Å²) in [5.74, 6) is 0. The second kappa shape index (κ2) is 4.47. The first-order valence-corrected chi connectivity index (χ1v) is 5.12. The van der Waals surface area contributed by atoms with Crippen molar-refractivity contribution in [1.29, 1.82) is 0 Å². The van der Waals surface area contributed by atoms with E-state index >= 15 is 0 Å². The molecule has 0 aliphatic heterocycles. The summed E-state index contributed by atoms with van der Waals surface area (Å²) in [7, 11) is 1.72. The summed E-state index contributed by atoms with van der Waals surface area (Å²) in [6.07, 6.45) is 2.09. The van der Waals surface area contributed by atoms with Gasteiger partial charge in [0.25, 0.3) is 0 Å². The first-order chi connectivity index (χ1) is 7.36.